The van der Waals surface area contributed by atoms with Gasteiger partial charge in [-0.1, -0.05) is 43.7 Å². The van der Waals surface area contributed by atoms with Gasteiger partial charge in [0.2, 0.25) is 11.8 Å². The van der Waals surface area contributed by atoms with Crippen molar-refractivity contribution in [3.63, 3.8) is 0 Å². The predicted molar refractivity (Wildman–Crippen MR) is 127 cm³/mol. The molecule has 2 aromatic carbocycles. The van der Waals surface area contributed by atoms with E-state index in [1.165, 1.54) is 5.56 Å². The Morgan fingerprint density at radius 3 is 2.52 bits per heavy atom. The quantitative estimate of drug-likeness (QED) is 0.479. The van der Waals surface area contributed by atoms with Gasteiger partial charge in [0.25, 0.3) is 0 Å². The number of amides is 2. The van der Waals surface area contributed by atoms with Crippen LogP contribution in [0.5, 0.6) is 5.75 Å². The minimum absolute atomic E-state index is 0.0130. The van der Waals surface area contributed by atoms with E-state index in [4.69, 9.17) is 4.74 Å². The highest BCUT2D eigenvalue weighted by Crippen LogP contribution is 2.22. The molecule has 1 atom stereocenters. The second-order valence-corrected chi connectivity index (χ2v) is 8.67. The van der Waals surface area contributed by atoms with Crippen molar-refractivity contribution in [2.75, 3.05) is 19.4 Å². The molecule has 2 rings (SSSR count). The molecule has 0 saturated carbocycles. The molecule has 0 unspecified atom stereocenters. The lowest BCUT2D eigenvalue weighted by Crippen LogP contribution is -2.49. The van der Waals surface area contributed by atoms with Gasteiger partial charge in [-0.05, 0) is 49.6 Å². The molecule has 2 amide bonds. The van der Waals surface area contributed by atoms with Gasteiger partial charge >= 0.3 is 0 Å². The lowest BCUT2D eigenvalue weighted by Gasteiger charge is -2.30. The van der Waals surface area contributed by atoms with Crippen molar-refractivity contribution >= 4 is 23.6 Å². The SMILES string of the molecule is CCCNC(=O)[C@@H](CC)N(Cc1cccc(OC)c1)C(=O)CCSc1ccc(C)cc1. The zero-order valence-electron chi connectivity index (χ0n) is 19.0. The number of carbonyl (C=O) groups excluding carboxylic acids is 2. The smallest absolute Gasteiger partial charge is 0.242 e. The van der Waals surface area contributed by atoms with E-state index in [0.717, 1.165) is 22.6 Å². The lowest BCUT2D eigenvalue weighted by molar-refractivity contribution is -0.141. The van der Waals surface area contributed by atoms with Crippen molar-refractivity contribution in [2.45, 2.75) is 57.5 Å². The van der Waals surface area contributed by atoms with Crippen molar-refractivity contribution < 1.29 is 14.3 Å². The van der Waals surface area contributed by atoms with Crippen LogP contribution >= 0.6 is 11.8 Å². The molecular weight excluding hydrogens is 408 g/mol. The molecule has 0 bridgehead atoms. The molecular formula is C25H34N2O3S. The first kappa shape index (κ1) is 24.8. The molecule has 0 heterocycles. The van der Waals surface area contributed by atoms with Gasteiger partial charge in [-0.2, -0.15) is 0 Å². The first-order valence-corrected chi connectivity index (χ1v) is 11.9. The Morgan fingerprint density at radius 1 is 1.13 bits per heavy atom. The van der Waals surface area contributed by atoms with Crippen LogP contribution in [0.15, 0.2) is 53.4 Å². The highest BCUT2D eigenvalue weighted by atomic mass is 32.2. The Labute approximate surface area is 190 Å². The van der Waals surface area contributed by atoms with Gasteiger partial charge in [-0.15, -0.1) is 11.8 Å². The summed E-state index contributed by atoms with van der Waals surface area (Å²) in [5.74, 6) is 1.31. The van der Waals surface area contributed by atoms with E-state index in [0.29, 0.717) is 31.7 Å². The molecule has 168 valence electrons. The van der Waals surface area contributed by atoms with E-state index >= 15 is 0 Å². The molecule has 0 fully saturated rings. The van der Waals surface area contributed by atoms with Gasteiger partial charge in [-0.3, -0.25) is 9.59 Å². The van der Waals surface area contributed by atoms with Crippen LogP contribution in [0.4, 0.5) is 0 Å². The Bertz CT molecular complexity index is 839. The summed E-state index contributed by atoms with van der Waals surface area (Å²) in [7, 11) is 1.62. The van der Waals surface area contributed by atoms with Crippen LogP contribution in [0.2, 0.25) is 0 Å². The number of carbonyl (C=O) groups is 2. The maximum atomic E-state index is 13.2. The zero-order chi connectivity index (χ0) is 22.6. The van der Waals surface area contributed by atoms with Crippen molar-refractivity contribution in [2.24, 2.45) is 0 Å². The topological polar surface area (TPSA) is 58.6 Å². The van der Waals surface area contributed by atoms with Gasteiger partial charge in [0, 0.05) is 30.2 Å². The molecule has 0 radical (unpaired) electrons. The number of nitrogens with zero attached hydrogens (tertiary/aromatic N) is 1. The minimum atomic E-state index is -0.491. The second-order valence-electron chi connectivity index (χ2n) is 7.50. The summed E-state index contributed by atoms with van der Waals surface area (Å²) < 4.78 is 5.32. The fourth-order valence-corrected chi connectivity index (χ4v) is 4.13. The summed E-state index contributed by atoms with van der Waals surface area (Å²) in [6.07, 6.45) is 1.80. The van der Waals surface area contributed by atoms with Gasteiger partial charge < -0.3 is 15.0 Å². The Hall–Kier alpha value is -2.47. The third kappa shape index (κ3) is 7.94. The van der Waals surface area contributed by atoms with E-state index in [1.54, 1.807) is 23.8 Å². The van der Waals surface area contributed by atoms with Crippen LogP contribution < -0.4 is 10.1 Å². The first-order chi connectivity index (χ1) is 15.0. The number of ether oxygens (including phenoxy) is 1. The largest absolute Gasteiger partial charge is 0.497 e. The number of nitrogens with one attached hydrogen (secondary N) is 1. The maximum absolute atomic E-state index is 13.2. The number of hydrogen-bond donors (Lipinski definition) is 1. The summed E-state index contributed by atoms with van der Waals surface area (Å²) in [6, 6.07) is 15.5. The number of rotatable bonds is 12. The molecule has 2 aromatic rings. The van der Waals surface area contributed by atoms with E-state index in [9.17, 15) is 9.59 Å². The molecule has 5 nitrogen and oxygen atoms in total. The first-order valence-electron chi connectivity index (χ1n) is 10.9. The normalized spacial score (nSPS) is 11.6. The van der Waals surface area contributed by atoms with Crippen molar-refractivity contribution in [1.82, 2.24) is 10.2 Å². The van der Waals surface area contributed by atoms with Crippen LogP contribution in [0.1, 0.15) is 44.2 Å². The van der Waals surface area contributed by atoms with E-state index in [2.05, 4.69) is 36.5 Å². The molecule has 0 aromatic heterocycles. The monoisotopic (exact) mass is 442 g/mol. The number of thioether (sulfide) groups is 1. The van der Waals surface area contributed by atoms with E-state index < -0.39 is 6.04 Å². The molecule has 0 aliphatic rings. The summed E-state index contributed by atoms with van der Waals surface area (Å²) in [4.78, 5) is 28.9. The third-order valence-electron chi connectivity index (χ3n) is 5.03. The third-order valence-corrected chi connectivity index (χ3v) is 6.04. The van der Waals surface area contributed by atoms with Crippen molar-refractivity contribution in [3.05, 3.63) is 59.7 Å². The van der Waals surface area contributed by atoms with E-state index in [1.807, 2.05) is 38.1 Å². The Morgan fingerprint density at radius 2 is 1.87 bits per heavy atom. The van der Waals surface area contributed by atoms with Crippen LogP contribution in [0.3, 0.4) is 0 Å². The molecule has 0 saturated heterocycles. The minimum Gasteiger partial charge on any atom is -0.497 e. The van der Waals surface area contributed by atoms with Crippen LogP contribution in [0, 0.1) is 6.92 Å². The molecule has 6 heteroatoms. The maximum Gasteiger partial charge on any atom is 0.242 e. The standard InChI is InChI=1S/C25H34N2O3S/c1-5-15-26-25(29)23(6-2)27(18-20-8-7-9-21(17-20)30-4)24(28)14-16-31-22-12-10-19(3)11-13-22/h7-13,17,23H,5-6,14-16,18H2,1-4H3,(H,26,29)/t23-/m1/s1. The highest BCUT2D eigenvalue weighted by Gasteiger charge is 2.28. The van der Waals surface area contributed by atoms with Crippen molar-refractivity contribution in [3.8, 4) is 5.75 Å². The molecule has 31 heavy (non-hydrogen) atoms. The summed E-state index contributed by atoms with van der Waals surface area (Å²) in [5.41, 5.74) is 2.16. The number of methoxy groups -OCH3 is 1. The van der Waals surface area contributed by atoms with Crippen LogP contribution in [-0.4, -0.2) is 42.2 Å². The summed E-state index contributed by atoms with van der Waals surface area (Å²) in [5, 5.41) is 2.95. The fourth-order valence-electron chi connectivity index (χ4n) is 3.29. The molecule has 0 aliphatic heterocycles. The highest BCUT2D eigenvalue weighted by molar-refractivity contribution is 7.99. The Balaban J connectivity index is 2.12. The molecule has 0 aliphatic carbocycles. The molecule has 1 N–H and O–H groups in total. The van der Waals surface area contributed by atoms with Gasteiger partial charge in [0.05, 0.1) is 7.11 Å². The average molecular weight is 443 g/mol. The zero-order valence-corrected chi connectivity index (χ0v) is 19.8. The van der Waals surface area contributed by atoms with Gasteiger partial charge in [0.15, 0.2) is 0 Å². The molecule has 0 spiro atoms. The van der Waals surface area contributed by atoms with Gasteiger partial charge in [0.1, 0.15) is 11.8 Å². The summed E-state index contributed by atoms with van der Waals surface area (Å²) >= 11 is 1.66. The number of aryl methyl sites for hydroxylation is 1. The average Bonchev–Trinajstić information content (AvgIpc) is 2.78. The van der Waals surface area contributed by atoms with Crippen LogP contribution in [-0.2, 0) is 16.1 Å². The summed E-state index contributed by atoms with van der Waals surface area (Å²) in [6.45, 7) is 7.01. The lowest BCUT2D eigenvalue weighted by atomic mass is 10.1. The fraction of sp³-hybridized carbons (Fsp3) is 0.440. The number of hydrogen-bond acceptors (Lipinski definition) is 4. The van der Waals surface area contributed by atoms with Crippen LogP contribution in [0.25, 0.3) is 0 Å². The van der Waals surface area contributed by atoms with Gasteiger partial charge in [-0.25, -0.2) is 0 Å². The second kappa shape index (κ2) is 13.1. The van der Waals surface area contributed by atoms with Crippen molar-refractivity contribution in [1.29, 1.82) is 0 Å². The predicted octanol–water partition coefficient (Wildman–Crippen LogP) is 4.82. The Kier molecular flexibility index (Phi) is 10.4. The van der Waals surface area contributed by atoms with E-state index in [-0.39, 0.29) is 11.8 Å². The number of benzene rings is 2.